The summed E-state index contributed by atoms with van der Waals surface area (Å²) in [5.74, 6) is -0.571. The summed E-state index contributed by atoms with van der Waals surface area (Å²) in [7, 11) is 0. The molecule has 0 bridgehead atoms. The molecule has 1 heterocycles. The number of amides is 2. The molecule has 0 aromatic heterocycles. The highest BCUT2D eigenvalue weighted by Crippen LogP contribution is 2.10. The van der Waals surface area contributed by atoms with Gasteiger partial charge in [0, 0.05) is 25.5 Å². The number of nitrogens with zero attached hydrogens (tertiary/aromatic N) is 1. The van der Waals surface area contributed by atoms with Crippen LogP contribution in [-0.4, -0.2) is 54.4 Å². The van der Waals surface area contributed by atoms with Gasteiger partial charge < -0.3 is 15.0 Å². The van der Waals surface area contributed by atoms with E-state index in [0.717, 1.165) is 0 Å². The van der Waals surface area contributed by atoms with Crippen molar-refractivity contribution in [2.75, 3.05) is 25.5 Å². The van der Waals surface area contributed by atoms with E-state index in [2.05, 4.69) is 5.32 Å². The maximum Gasteiger partial charge on any atom is 0.312 e. The van der Waals surface area contributed by atoms with Crippen molar-refractivity contribution in [3.63, 3.8) is 0 Å². The summed E-state index contributed by atoms with van der Waals surface area (Å²) >= 11 is 5.49. The Bertz CT molecular complexity index is 276. The SMILES string of the molecule is CC1CN(C(=O)C(=O)NCCCCl)CC(C)O1. The molecule has 1 N–H and O–H groups in total. The van der Waals surface area contributed by atoms with Gasteiger partial charge in [-0.05, 0) is 20.3 Å². The normalized spacial score (nSPS) is 24.5. The third-order valence-electron chi connectivity index (χ3n) is 2.50. The Hall–Kier alpha value is -0.810. The first-order valence-electron chi connectivity index (χ1n) is 5.83. The van der Waals surface area contributed by atoms with Gasteiger partial charge in [0.05, 0.1) is 12.2 Å². The number of carbonyl (C=O) groups is 2. The average Bonchev–Trinajstić information content (AvgIpc) is 2.27. The monoisotopic (exact) mass is 262 g/mol. The van der Waals surface area contributed by atoms with Crippen molar-refractivity contribution in [2.24, 2.45) is 0 Å². The van der Waals surface area contributed by atoms with Crippen LogP contribution in [0.25, 0.3) is 0 Å². The molecule has 0 aromatic carbocycles. The number of carbonyl (C=O) groups excluding carboxylic acids is 2. The van der Waals surface area contributed by atoms with Crippen molar-refractivity contribution < 1.29 is 14.3 Å². The Morgan fingerprint density at radius 2 is 1.94 bits per heavy atom. The minimum atomic E-state index is -0.559. The van der Waals surface area contributed by atoms with Gasteiger partial charge in [0.2, 0.25) is 0 Å². The highest BCUT2D eigenvalue weighted by molar-refractivity contribution is 6.35. The fraction of sp³-hybridized carbons (Fsp3) is 0.818. The lowest BCUT2D eigenvalue weighted by molar-refractivity contribution is -0.153. The molecule has 17 heavy (non-hydrogen) atoms. The topological polar surface area (TPSA) is 58.6 Å². The van der Waals surface area contributed by atoms with E-state index >= 15 is 0 Å². The number of ether oxygens (including phenoxy) is 1. The van der Waals surface area contributed by atoms with Crippen molar-refractivity contribution in [3.05, 3.63) is 0 Å². The van der Waals surface area contributed by atoms with E-state index in [0.29, 0.717) is 31.9 Å². The van der Waals surface area contributed by atoms with E-state index in [1.807, 2.05) is 13.8 Å². The largest absolute Gasteiger partial charge is 0.372 e. The molecule has 1 saturated heterocycles. The number of hydrogen-bond acceptors (Lipinski definition) is 3. The highest BCUT2D eigenvalue weighted by atomic mass is 35.5. The van der Waals surface area contributed by atoms with Crippen LogP contribution in [-0.2, 0) is 14.3 Å². The summed E-state index contributed by atoms with van der Waals surface area (Å²) in [5.41, 5.74) is 0. The third kappa shape index (κ3) is 4.52. The maximum absolute atomic E-state index is 11.8. The van der Waals surface area contributed by atoms with E-state index in [9.17, 15) is 9.59 Å². The van der Waals surface area contributed by atoms with Gasteiger partial charge in [-0.15, -0.1) is 11.6 Å². The molecule has 2 atom stereocenters. The molecule has 5 nitrogen and oxygen atoms in total. The van der Waals surface area contributed by atoms with Crippen LogP contribution in [0.15, 0.2) is 0 Å². The first-order valence-corrected chi connectivity index (χ1v) is 6.36. The number of alkyl halides is 1. The standard InChI is InChI=1S/C11H19ClN2O3/c1-8-6-14(7-9(2)17-8)11(16)10(15)13-5-3-4-12/h8-9H,3-7H2,1-2H3,(H,13,15). The minimum Gasteiger partial charge on any atom is -0.372 e. The van der Waals surface area contributed by atoms with Gasteiger partial charge in [0.25, 0.3) is 0 Å². The van der Waals surface area contributed by atoms with Crippen LogP contribution in [0, 0.1) is 0 Å². The number of nitrogens with one attached hydrogen (secondary N) is 1. The molecule has 98 valence electrons. The van der Waals surface area contributed by atoms with Crippen LogP contribution in [0.1, 0.15) is 20.3 Å². The van der Waals surface area contributed by atoms with Crippen molar-refractivity contribution >= 4 is 23.4 Å². The summed E-state index contributed by atoms with van der Waals surface area (Å²) in [6, 6.07) is 0. The van der Waals surface area contributed by atoms with Crippen molar-refractivity contribution in [1.82, 2.24) is 10.2 Å². The van der Waals surface area contributed by atoms with Crippen molar-refractivity contribution in [3.8, 4) is 0 Å². The molecule has 2 amide bonds. The molecule has 0 radical (unpaired) electrons. The predicted octanol–water partition coefficient (Wildman–Crippen LogP) is 0.367. The first-order chi connectivity index (χ1) is 8.04. The molecule has 1 aliphatic heterocycles. The van der Waals surface area contributed by atoms with Crippen LogP contribution in [0.5, 0.6) is 0 Å². The Morgan fingerprint density at radius 3 is 2.47 bits per heavy atom. The van der Waals surface area contributed by atoms with Gasteiger partial charge in [0.1, 0.15) is 0 Å². The van der Waals surface area contributed by atoms with Crippen LogP contribution < -0.4 is 5.32 Å². The lowest BCUT2D eigenvalue weighted by atomic mass is 10.2. The first kappa shape index (κ1) is 14.3. The van der Waals surface area contributed by atoms with E-state index in [-0.39, 0.29) is 12.2 Å². The van der Waals surface area contributed by atoms with Gasteiger partial charge in [-0.3, -0.25) is 9.59 Å². The Morgan fingerprint density at radius 1 is 1.35 bits per heavy atom. The molecule has 0 aliphatic carbocycles. The average molecular weight is 263 g/mol. The third-order valence-corrected chi connectivity index (χ3v) is 2.76. The van der Waals surface area contributed by atoms with Crippen LogP contribution in [0.4, 0.5) is 0 Å². The molecule has 1 aliphatic rings. The number of hydrogen-bond donors (Lipinski definition) is 1. The molecule has 2 unspecified atom stereocenters. The van der Waals surface area contributed by atoms with Crippen LogP contribution >= 0.6 is 11.6 Å². The summed E-state index contributed by atoms with van der Waals surface area (Å²) in [5, 5.41) is 2.55. The van der Waals surface area contributed by atoms with E-state index < -0.39 is 11.8 Å². The summed E-state index contributed by atoms with van der Waals surface area (Å²) in [6.07, 6.45) is 0.605. The molecule has 0 saturated carbocycles. The minimum absolute atomic E-state index is 0.0293. The quantitative estimate of drug-likeness (QED) is 0.454. The summed E-state index contributed by atoms with van der Waals surface area (Å²) in [4.78, 5) is 24.9. The zero-order valence-corrected chi connectivity index (χ0v) is 11.0. The predicted molar refractivity (Wildman–Crippen MR) is 64.9 cm³/mol. The number of morpholine rings is 1. The van der Waals surface area contributed by atoms with Gasteiger partial charge in [0.15, 0.2) is 0 Å². The molecular weight excluding hydrogens is 244 g/mol. The Balaban J connectivity index is 2.42. The summed E-state index contributed by atoms with van der Waals surface area (Å²) in [6.45, 7) is 5.14. The van der Waals surface area contributed by atoms with Gasteiger partial charge in [-0.25, -0.2) is 0 Å². The van der Waals surface area contributed by atoms with Gasteiger partial charge >= 0.3 is 11.8 Å². The second kappa shape index (κ2) is 6.81. The maximum atomic E-state index is 11.8. The lowest BCUT2D eigenvalue weighted by Gasteiger charge is -2.34. The lowest BCUT2D eigenvalue weighted by Crippen LogP contribution is -2.52. The molecule has 0 spiro atoms. The van der Waals surface area contributed by atoms with Gasteiger partial charge in [-0.1, -0.05) is 0 Å². The van der Waals surface area contributed by atoms with Crippen LogP contribution in [0.2, 0.25) is 0 Å². The van der Waals surface area contributed by atoms with Crippen LogP contribution in [0.3, 0.4) is 0 Å². The molecule has 1 fully saturated rings. The molecule has 0 aromatic rings. The van der Waals surface area contributed by atoms with Gasteiger partial charge in [-0.2, -0.15) is 0 Å². The molecule has 6 heteroatoms. The molecule has 1 rings (SSSR count). The van der Waals surface area contributed by atoms with E-state index in [1.165, 1.54) is 4.90 Å². The summed E-state index contributed by atoms with van der Waals surface area (Å²) < 4.78 is 5.50. The number of halogens is 1. The second-order valence-electron chi connectivity index (χ2n) is 4.27. The highest BCUT2D eigenvalue weighted by Gasteiger charge is 2.29. The Labute approximate surface area is 106 Å². The smallest absolute Gasteiger partial charge is 0.312 e. The van der Waals surface area contributed by atoms with Crippen molar-refractivity contribution in [2.45, 2.75) is 32.5 Å². The van der Waals surface area contributed by atoms with E-state index in [4.69, 9.17) is 16.3 Å². The van der Waals surface area contributed by atoms with E-state index in [1.54, 1.807) is 0 Å². The fourth-order valence-corrected chi connectivity index (χ4v) is 1.97. The Kier molecular flexibility index (Phi) is 5.71. The zero-order chi connectivity index (χ0) is 12.8. The second-order valence-corrected chi connectivity index (χ2v) is 4.64. The number of rotatable bonds is 3. The fourth-order valence-electron chi connectivity index (χ4n) is 1.83. The molecular formula is C11H19ClN2O3. The zero-order valence-electron chi connectivity index (χ0n) is 10.2. The van der Waals surface area contributed by atoms with Crippen molar-refractivity contribution in [1.29, 1.82) is 0 Å².